The summed E-state index contributed by atoms with van der Waals surface area (Å²) in [6, 6.07) is 8.80. The van der Waals surface area contributed by atoms with E-state index in [1.807, 2.05) is 0 Å². The monoisotopic (exact) mass is 396 g/mol. The van der Waals surface area contributed by atoms with Crippen LogP contribution in [0, 0.1) is 11.8 Å². The molecule has 0 bridgehead atoms. The number of nitrogens with zero attached hydrogens (tertiary/aromatic N) is 3. The molecule has 2 aliphatic rings. The molecule has 0 radical (unpaired) electrons. The average Bonchev–Trinajstić information content (AvgIpc) is 3.13. The van der Waals surface area contributed by atoms with E-state index in [2.05, 4.69) is 52.9 Å². The molecule has 0 unspecified atom stereocenters. The fraction of sp³-hybridized carbons (Fsp3) is 0.667. The highest BCUT2D eigenvalue weighted by Gasteiger charge is 2.28. The van der Waals surface area contributed by atoms with Gasteiger partial charge in [-0.05, 0) is 57.1 Å². The van der Waals surface area contributed by atoms with Crippen molar-refractivity contribution in [1.82, 2.24) is 14.9 Å². The van der Waals surface area contributed by atoms with Gasteiger partial charge in [0.25, 0.3) is 0 Å². The Hall–Kier alpha value is -2.04. The van der Waals surface area contributed by atoms with Gasteiger partial charge in [0, 0.05) is 31.6 Å². The number of carbonyl (C=O) groups excluding carboxylic acids is 1. The summed E-state index contributed by atoms with van der Waals surface area (Å²) in [5, 5.41) is 3.16. The van der Waals surface area contributed by atoms with Crippen LogP contribution in [0.4, 0.5) is 5.95 Å². The minimum Gasteiger partial charge on any atom is -0.353 e. The van der Waals surface area contributed by atoms with E-state index in [9.17, 15) is 4.79 Å². The number of piperidine rings is 1. The van der Waals surface area contributed by atoms with E-state index in [4.69, 9.17) is 4.98 Å². The largest absolute Gasteiger partial charge is 0.353 e. The van der Waals surface area contributed by atoms with Crippen molar-refractivity contribution in [2.75, 3.05) is 18.0 Å². The first-order valence-electron chi connectivity index (χ1n) is 11.7. The number of fused-ring (bicyclic) bond motifs is 1. The molecule has 5 heteroatoms. The highest BCUT2D eigenvalue weighted by atomic mass is 16.1. The zero-order valence-corrected chi connectivity index (χ0v) is 18.1. The summed E-state index contributed by atoms with van der Waals surface area (Å²) in [5.41, 5.74) is 2.35. The zero-order chi connectivity index (χ0) is 20.2. The molecule has 5 nitrogen and oxygen atoms in total. The number of benzene rings is 1. The Morgan fingerprint density at radius 1 is 1.14 bits per heavy atom. The van der Waals surface area contributed by atoms with Gasteiger partial charge in [-0.1, -0.05) is 38.3 Å². The number of hydrogen-bond acceptors (Lipinski definition) is 3. The molecule has 1 atom stereocenters. The van der Waals surface area contributed by atoms with E-state index in [0.717, 1.165) is 56.3 Å². The van der Waals surface area contributed by atoms with E-state index < -0.39 is 0 Å². The number of para-hydroxylation sites is 2. The second-order valence-corrected chi connectivity index (χ2v) is 9.09. The molecule has 1 aliphatic heterocycles. The number of hydrogen-bond donors (Lipinski definition) is 1. The van der Waals surface area contributed by atoms with E-state index in [1.54, 1.807) is 0 Å². The molecular formula is C24H36N4O. The molecule has 2 heterocycles. The predicted octanol–water partition coefficient (Wildman–Crippen LogP) is 4.75. The third-order valence-corrected chi connectivity index (χ3v) is 6.95. The van der Waals surface area contributed by atoms with Crippen LogP contribution >= 0.6 is 0 Å². The summed E-state index contributed by atoms with van der Waals surface area (Å²) in [6.07, 6.45) is 9.60. The zero-order valence-electron chi connectivity index (χ0n) is 18.1. The van der Waals surface area contributed by atoms with Crippen LogP contribution in [-0.4, -0.2) is 34.6 Å². The maximum Gasteiger partial charge on any atom is 0.223 e. The fourth-order valence-electron chi connectivity index (χ4n) is 4.92. The van der Waals surface area contributed by atoms with Crippen molar-refractivity contribution in [3.05, 3.63) is 24.3 Å². The van der Waals surface area contributed by atoms with Crippen LogP contribution in [0.15, 0.2) is 24.3 Å². The Kier molecular flexibility index (Phi) is 6.41. The molecule has 158 valence electrons. The molecule has 1 N–H and O–H groups in total. The second kappa shape index (κ2) is 9.19. The number of anilines is 1. The Labute approximate surface area is 174 Å². The Balaban J connectivity index is 1.49. The van der Waals surface area contributed by atoms with Gasteiger partial charge in [0.15, 0.2) is 0 Å². The van der Waals surface area contributed by atoms with Crippen molar-refractivity contribution in [2.45, 2.75) is 77.8 Å². The average molecular weight is 397 g/mol. The molecule has 1 aromatic heterocycles. The van der Waals surface area contributed by atoms with Gasteiger partial charge in [-0.15, -0.1) is 0 Å². The van der Waals surface area contributed by atoms with Crippen LogP contribution < -0.4 is 10.2 Å². The second-order valence-electron chi connectivity index (χ2n) is 9.09. The molecule has 2 aromatic rings. The standard InChI is InChI=1S/C24H36N4O/c1-3-18(2)25-23(29)20-13-15-27(16-14-20)24-26-21-11-7-8-12-22(21)28(24)17-19-9-5-4-6-10-19/h7-8,11-12,18-20H,3-6,9-10,13-17H2,1-2H3,(H,25,29)/t18-/m0/s1. The third kappa shape index (κ3) is 4.59. The van der Waals surface area contributed by atoms with Gasteiger partial charge >= 0.3 is 0 Å². The lowest BCUT2D eigenvalue weighted by atomic mass is 9.89. The van der Waals surface area contributed by atoms with Gasteiger partial charge in [0.05, 0.1) is 11.0 Å². The predicted molar refractivity (Wildman–Crippen MR) is 119 cm³/mol. The first-order valence-corrected chi connectivity index (χ1v) is 11.7. The number of nitrogens with one attached hydrogen (secondary N) is 1. The van der Waals surface area contributed by atoms with Crippen LogP contribution in [-0.2, 0) is 11.3 Å². The van der Waals surface area contributed by atoms with Gasteiger partial charge in [0.2, 0.25) is 11.9 Å². The number of rotatable bonds is 6. The van der Waals surface area contributed by atoms with Crippen LogP contribution in [0.25, 0.3) is 11.0 Å². The summed E-state index contributed by atoms with van der Waals surface area (Å²) in [6.45, 7) is 7.09. The maximum absolute atomic E-state index is 12.5. The first-order chi connectivity index (χ1) is 14.2. The first kappa shape index (κ1) is 20.2. The van der Waals surface area contributed by atoms with Crippen molar-refractivity contribution in [2.24, 2.45) is 11.8 Å². The molecule has 2 fully saturated rings. The van der Waals surface area contributed by atoms with Crippen LogP contribution in [0.5, 0.6) is 0 Å². The Morgan fingerprint density at radius 3 is 2.59 bits per heavy atom. The van der Waals surface area contributed by atoms with Gasteiger partial charge in [-0.25, -0.2) is 4.98 Å². The van der Waals surface area contributed by atoms with Crippen molar-refractivity contribution in [3.8, 4) is 0 Å². The van der Waals surface area contributed by atoms with Crippen LogP contribution in [0.2, 0.25) is 0 Å². The minimum atomic E-state index is 0.136. The number of carbonyl (C=O) groups is 1. The molecular weight excluding hydrogens is 360 g/mol. The molecule has 1 aromatic carbocycles. The van der Waals surface area contributed by atoms with Crippen molar-refractivity contribution < 1.29 is 4.79 Å². The van der Waals surface area contributed by atoms with E-state index in [-0.39, 0.29) is 17.9 Å². The molecule has 1 amide bonds. The summed E-state index contributed by atoms with van der Waals surface area (Å²) >= 11 is 0. The highest BCUT2D eigenvalue weighted by Crippen LogP contribution is 2.31. The van der Waals surface area contributed by atoms with Gasteiger partial charge in [-0.3, -0.25) is 4.79 Å². The number of imidazole rings is 1. The summed E-state index contributed by atoms with van der Waals surface area (Å²) in [4.78, 5) is 20.0. The normalized spacial score (nSPS) is 20.1. The highest BCUT2D eigenvalue weighted by molar-refractivity contribution is 5.80. The van der Waals surface area contributed by atoms with Crippen LogP contribution in [0.3, 0.4) is 0 Å². The lowest BCUT2D eigenvalue weighted by Crippen LogP contribution is -2.43. The molecule has 4 rings (SSSR count). The molecule has 1 aliphatic carbocycles. The van der Waals surface area contributed by atoms with Gasteiger partial charge < -0.3 is 14.8 Å². The van der Waals surface area contributed by atoms with Crippen molar-refractivity contribution in [1.29, 1.82) is 0 Å². The van der Waals surface area contributed by atoms with Gasteiger partial charge in [-0.2, -0.15) is 0 Å². The summed E-state index contributed by atoms with van der Waals surface area (Å²) in [7, 11) is 0. The minimum absolute atomic E-state index is 0.136. The van der Waals surface area contributed by atoms with Crippen molar-refractivity contribution >= 4 is 22.9 Å². The lowest BCUT2D eigenvalue weighted by Gasteiger charge is -2.33. The smallest absolute Gasteiger partial charge is 0.223 e. The quantitative estimate of drug-likeness (QED) is 0.767. The molecule has 1 saturated heterocycles. The third-order valence-electron chi connectivity index (χ3n) is 6.95. The Morgan fingerprint density at radius 2 is 1.86 bits per heavy atom. The summed E-state index contributed by atoms with van der Waals surface area (Å²) < 4.78 is 2.46. The van der Waals surface area contributed by atoms with E-state index in [1.165, 1.54) is 37.6 Å². The van der Waals surface area contributed by atoms with Crippen molar-refractivity contribution in [3.63, 3.8) is 0 Å². The number of aromatic nitrogens is 2. The summed E-state index contributed by atoms with van der Waals surface area (Å²) in [5.74, 6) is 2.24. The van der Waals surface area contributed by atoms with Gasteiger partial charge in [0.1, 0.15) is 0 Å². The topological polar surface area (TPSA) is 50.2 Å². The van der Waals surface area contributed by atoms with E-state index in [0.29, 0.717) is 0 Å². The lowest BCUT2D eigenvalue weighted by molar-refractivity contribution is -0.126. The molecule has 29 heavy (non-hydrogen) atoms. The maximum atomic E-state index is 12.5. The van der Waals surface area contributed by atoms with Crippen LogP contribution in [0.1, 0.15) is 65.2 Å². The molecule has 1 saturated carbocycles. The Bertz CT molecular complexity index is 815. The SMILES string of the molecule is CC[C@H](C)NC(=O)C1CCN(c2nc3ccccc3n2CC2CCCCC2)CC1. The molecule has 0 spiro atoms. The van der Waals surface area contributed by atoms with E-state index >= 15 is 0 Å². The fourth-order valence-corrected chi connectivity index (χ4v) is 4.92. The number of amides is 1.